The van der Waals surface area contributed by atoms with Crippen LogP contribution in [0.5, 0.6) is 0 Å². The standard InChI is InChI=1S/C15H13ClN2O4S3/c1-18-12-7-8-23-15(12)14(19)13(25(18,21)22)9-17-24(2,20)11-5-3-10(16)4-6-11/h3-9H,1-2H3/b13-9+. The number of anilines is 1. The van der Waals surface area contributed by atoms with Gasteiger partial charge in [-0.3, -0.25) is 9.10 Å². The molecule has 1 aromatic heterocycles. The number of carbonyl (C=O) groups is 1. The van der Waals surface area contributed by atoms with Crippen LogP contribution in [0.25, 0.3) is 0 Å². The molecule has 2 aromatic rings. The van der Waals surface area contributed by atoms with Gasteiger partial charge in [-0.1, -0.05) is 11.6 Å². The fraction of sp³-hybridized carbons (Fsp3) is 0.133. The van der Waals surface area contributed by atoms with Gasteiger partial charge in [0.15, 0.2) is 4.91 Å². The minimum atomic E-state index is -4.03. The SMILES string of the molecule is CN1c2ccsc2C(=O)/C(=C\N=S(C)(=O)c2ccc(Cl)cc2)S1(=O)=O. The fourth-order valence-corrected chi connectivity index (χ4v) is 5.74. The summed E-state index contributed by atoms with van der Waals surface area (Å²) in [5, 5.41) is 2.12. The Labute approximate surface area is 155 Å². The van der Waals surface area contributed by atoms with Crippen molar-refractivity contribution in [2.24, 2.45) is 4.36 Å². The van der Waals surface area contributed by atoms with Crippen LogP contribution < -0.4 is 4.31 Å². The summed E-state index contributed by atoms with van der Waals surface area (Å²) in [7, 11) is -5.59. The molecule has 1 unspecified atom stereocenters. The van der Waals surface area contributed by atoms with E-state index in [0.29, 0.717) is 20.5 Å². The van der Waals surface area contributed by atoms with Gasteiger partial charge in [0.25, 0.3) is 10.0 Å². The predicted molar refractivity (Wildman–Crippen MR) is 100 cm³/mol. The summed E-state index contributed by atoms with van der Waals surface area (Å²) in [6.07, 6.45) is 2.27. The molecule has 0 bridgehead atoms. The summed E-state index contributed by atoms with van der Waals surface area (Å²) in [5.41, 5.74) is 0.335. The lowest BCUT2D eigenvalue weighted by Crippen LogP contribution is -2.35. The molecule has 0 fully saturated rings. The van der Waals surface area contributed by atoms with Crippen LogP contribution in [-0.4, -0.2) is 31.7 Å². The number of sulfonamides is 1. The number of hydrogen-bond donors (Lipinski definition) is 0. The van der Waals surface area contributed by atoms with E-state index in [-0.39, 0.29) is 0 Å². The Hall–Kier alpha value is -1.68. The minimum Gasteiger partial charge on any atom is -0.287 e. The van der Waals surface area contributed by atoms with Crippen molar-refractivity contribution in [1.29, 1.82) is 0 Å². The van der Waals surface area contributed by atoms with Crippen LogP contribution in [-0.2, 0) is 19.8 Å². The average molecular weight is 417 g/mol. The quantitative estimate of drug-likeness (QED) is 0.702. The molecule has 10 heteroatoms. The molecule has 0 saturated carbocycles. The average Bonchev–Trinajstić information content (AvgIpc) is 3.03. The lowest BCUT2D eigenvalue weighted by atomic mass is 10.2. The van der Waals surface area contributed by atoms with Gasteiger partial charge >= 0.3 is 0 Å². The lowest BCUT2D eigenvalue weighted by Gasteiger charge is -2.24. The highest BCUT2D eigenvalue weighted by molar-refractivity contribution is 7.98. The van der Waals surface area contributed by atoms with Crippen molar-refractivity contribution in [3.8, 4) is 0 Å². The Morgan fingerprint density at radius 3 is 2.52 bits per heavy atom. The van der Waals surface area contributed by atoms with Crippen molar-refractivity contribution >= 4 is 54.2 Å². The van der Waals surface area contributed by atoms with E-state index in [4.69, 9.17) is 11.6 Å². The van der Waals surface area contributed by atoms with E-state index in [1.54, 1.807) is 35.7 Å². The van der Waals surface area contributed by atoms with Crippen molar-refractivity contribution in [2.45, 2.75) is 4.90 Å². The molecule has 0 radical (unpaired) electrons. The number of Topliss-reactive ketones (excluding diaryl/α,β-unsaturated/α-hetero) is 1. The number of fused-ring (bicyclic) bond motifs is 1. The zero-order valence-corrected chi connectivity index (χ0v) is 16.4. The maximum Gasteiger partial charge on any atom is 0.269 e. The summed E-state index contributed by atoms with van der Waals surface area (Å²) in [6.45, 7) is 0. The molecule has 132 valence electrons. The van der Waals surface area contributed by atoms with Crippen molar-refractivity contribution in [1.82, 2.24) is 0 Å². The van der Waals surface area contributed by atoms with Crippen LogP contribution in [0.1, 0.15) is 9.67 Å². The van der Waals surface area contributed by atoms with Gasteiger partial charge < -0.3 is 0 Å². The van der Waals surface area contributed by atoms with Crippen LogP contribution in [0.2, 0.25) is 5.02 Å². The molecule has 0 aliphatic carbocycles. The number of carbonyl (C=O) groups excluding carboxylic acids is 1. The van der Waals surface area contributed by atoms with E-state index in [2.05, 4.69) is 4.36 Å². The van der Waals surface area contributed by atoms with Crippen molar-refractivity contribution < 1.29 is 17.4 Å². The zero-order chi connectivity index (χ0) is 18.4. The van der Waals surface area contributed by atoms with Gasteiger partial charge in [0.2, 0.25) is 5.78 Å². The number of rotatable bonds is 2. The molecular weight excluding hydrogens is 404 g/mol. The van der Waals surface area contributed by atoms with Gasteiger partial charge in [-0.2, -0.15) is 0 Å². The third kappa shape index (κ3) is 3.12. The second-order valence-electron chi connectivity index (χ2n) is 5.29. The molecule has 1 atom stereocenters. The van der Waals surface area contributed by atoms with Crippen LogP contribution in [0.3, 0.4) is 0 Å². The molecular formula is C15H13ClN2O4S3. The van der Waals surface area contributed by atoms with E-state index in [1.165, 1.54) is 13.3 Å². The van der Waals surface area contributed by atoms with Crippen molar-refractivity contribution in [3.05, 3.63) is 56.7 Å². The van der Waals surface area contributed by atoms with E-state index in [1.807, 2.05) is 0 Å². The third-order valence-corrected chi connectivity index (χ3v) is 8.25. The Morgan fingerprint density at radius 2 is 1.88 bits per heavy atom. The second-order valence-corrected chi connectivity index (χ2v) is 10.9. The molecule has 0 spiro atoms. The monoisotopic (exact) mass is 416 g/mol. The molecule has 2 heterocycles. The molecule has 0 amide bonds. The summed E-state index contributed by atoms with van der Waals surface area (Å²) >= 11 is 6.96. The molecule has 6 nitrogen and oxygen atoms in total. The number of ketones is 1. The Balaban J connectivity index is 2.13. The highest BCUT2D eigenvalue weighted by Crippen LogP contribution is 2.37. The summed E-state index contributed by atoms with van der Waals surface area (Å²) in [4.78, 5) is 12.7. The summed E-state index contributed by atoms with van der Waals surface area (Å²) < 4.78 is 42.8. The molecule has 3 rings (SSSR count). The first kappa shape index (κ1) is 18.1. The zero-order valence-electron chi connectivity index (χ0n) is 13.2. The van der Waals surface area contributed by atoms with Crippen LogP contribution in [0.4, 0.5) is 5.69 Å². The number of halogens is 1. The minimum absolute atomic E-state index is 0.313. The van der Waals surface area contributed by atoms with Crippen LogP contribution in [0, 0.1) is 0 Å². The maximum atomic E-state index is 12.8. The fourth-order valence-electron chi connectivity index (χ4n) is 2.25. The van der Waals surface area contributed by atoms with E-state index in [9.17, 15) is 17.4 Å². The smallest absolute Gasteiger partial charge is 0.269 e. The topological polar surface area (TPSA) is 83.9 Å². The van der Waals surface area contributed by atoms with Crippen molar-refractivity contribution in [2.75, 3.05) is 17.6 Å². The highest BCUT2D eigenvalue weighted by Gasteiger charge is 2.39. The first-order valence-corrected chi connectivity index (χ1v) is 11.5. The number of nitrogens with zero attached hydrogens (tertiary/aromatic N) is 2. The first-order chi connectivity index (χ1) is 11.6. The molecule has 0 N–H and O–H groups in total. The largest absolute Gasteiger partial charge is 0.287 e. The lowest BCUT2D eigenvalue weighted by molar-refractivity contribution is 0.104. The molecule has 1 aliphatic heterocycles. The van der Waals surface area contributed by atoms with Gasteiger partial charge in [-0.15, -0.1) is 11.3 Å². The van der Waals surface area contributed by atoms with Crippen molar-refractivity contribution in [3.63, 3.8) is 0 Å². The van der Waals surface area contributed by atoms with Gasteiger partial charge in [0.05, 0.1) is 21.6 Å². The highest BCUT2D eigenvalue weighted by atomic mass is 35.5. The van der Waals surface area contributed by atoms with E-state index >= 15 is 0 Å². The molecule has 25 heavy (non-hydrogen) atoms. The molecule has 0 saturated heterocycles. The molecule has 1 aromatic carbocycles. The number of hydrogen-bond acceptors (Lipinski definition) is 6. The third-order valence-electron chi connectivity index (χ3n) is 3.67. The number of thiophene rings is 1. The van der Waals surface area contributed by atoms with E-state index < -0.39 is 30.4 Å². The first-order valence-electron chi connectivity index (χ1n) is 6.93. The number of benzene rings is 1. The van der Waals surface area contributed by atoms with Crippen LogP contribution in [0.15, 0.2) is 56.1 Å². The predicted octanol–water partition coefficient (Wildman–Crippen LogP) is 3.36. The van der Waals surface area contributed by atoms with Crippen LogP contribution >= 0.6 is 22.9 Å². The Morgan fingerprint density at radius 1 is 1.24 bits per heavy atom. The van der Waals surface area contributed by atoms with E-state index in [0.717, 1.165) is 21.8 Å². The number of allylic oxidation sites excluding steroid dienone is 1. The maximum absolute atomic E-state index is 12.8. The van der Waals surface area contributed by atoms with Gasteiger partial charge in [0.1, 0.15) is 4.88 Å². The Kier molecular flexibility index (Phi) is 4.52. The van der Waals surface area contributed by atoms with Gasteiger partial charge in [0, 0.05) is 23.2 Å². The summed E-state index contributed by atoms with van der Waals surface area (Å²) in [6, 6.07) is 7.80. The van der Waals surface area contributed by atoms with Gasteiger partial charge in [-0.25, -0.2) is 17.0 Å². The van der Waals surface area contributed by atoms with Gasteiger partial charge in [-0.05, 0) is 35.7 Å². The molecule has 1 aliphatic rings. The summed E-state index contributed by atoms with van der Waals surface area (Å²) in [5.74, 6) is -0.641. The Bertz CT molecular complexity index is 1110. The normalized spacial score (nSPS) is 20.2. The second kappa shape index (κ2) is 6.24.